The number of hydrogen-bond donors (Lipinski definition) is 0. The van der Waals surface area contributed by atoms with Crippen molar-refractivity contribution < 1.29 is 14.4 Å². The highest BCUT2D eigenvalue weighted by Gasteiger charge is 2.33. The van der Waals surface area contributed by atoms with Crippen LogP contribution in [0.25, 0.3) is 0 Å². The van der Waals surface area contributed by atoms with Crippen LogP contribution in [-0.4, -0.2) is 70.6 Å². The van der Waals surface area contributed by atoms with Gasteiger partial charge in [-0.1, -0.05) is 6.07 Å². The van der Waals surface area contributed by atoms with Crippen molar-refractivity contribution in [3.63, 3.8) is 0 Å². The van der Waals surface area contributed by atoms with E-state index in [0.29, 0.717) is 29.8 Å². The van der Waals surface area contributed by atoms with E-state index in [1.165, 1.54) is 7.05 Å². The number of carbonyl (C=O) groups is 3. The molecule has 0 radical (unpaired) electrons. The average Bonchev–Trinajstić information content (AvgIpc) is 2.92. The van der Waals surface area contributed by atoms with Crippen molar-refractivity contribution in [2.45, 2.75) is 6.54 Å². The number of hydrogen-bond acceptors (Lipinski definition) is 5. The summed E-state index contributed by atoms with van der Waals surface area (Å²) < 4.78 is 0. The number of nitrogens with zero attached hydrogens (tertiary/aromatic N) is 4. The standard InChI is InChI=1S/C20H20N4O3/c1-22-19(26)16-5-4-15(11-17(16)20(22)27)18(25)24-9-7-23(8-10-24)13-14-3-2-6-21-12-14/h2-6,11-12H,7-10,13H2,1H3. The van der Waals surface area contributed by atoms with Crippen molar-refractivity contribution in [1.29, 1.82) is 0 Å². The Morgan fingerprint density at radius 3 is 2.48 bits per heavy atom. The number of carbonyl (C=O) groups excluding carboxylic acids is 3. The molecule has 27 heavy (non-hydrogen) atoms. The fourth-order valence-corrected chi connectivity index (χ4v) is 3.54. The monoisotopic (exact) mass is 364 g/mol. The molecular weight excluding hydrogens is 344 g/mol. The minimum absolute atomic E-state index is 0.103. The number of aromatic nitrogens is 1. The molecule has 1 aromatic carbocycles. The van der Waals surface area contributed by atoms with Crippen molar-refractivity contribution >= 4 is 17.7 Å². The Balaban J connectivity index is 1.42. The quantitative estimate of drug-likeness (QED) is 0.767. The second-order valence-corrected chi connectivity index (χ2v) is 6.86. The zero-order valence-electron chi connectivity index (χ0n) is 15.1. The van der Waals surface area contributed by atoms with Gasteiger partial charge in [0.25, 0.3) is 17.7 Å². The van der Waals surface area contributed by atoms with Gasteiger partial charge in [0.2, 0.25) is 0 Å². The van der Waals surface area contributed by atoms with Crippen molar-refractivity contribution in [1.82, 2.24) is 19.7 Å². The van der Waals surface area contributed by atoms with E-state index in [-0.39, 0.29) is 17.7 Å². The van der Waals surface area contributed by atoms with Crippen LogP contribution in [0.2, 0.25) is 0 Å². The first-order valence-electron chi connectivity index (χ1n) is 8.91. The lowest BCUT2D eigenvalue weighted by Crippen LogP contribution is -2.48. The Labute approximate surface area is 157 Å². The van der Waals surface area contributed by atoms with E-state index in [4.69, 9.17) is 0 Å². The van der Waals surface area contributed by atoms with Crippen LogP contribution in [0.3, 0.4) is 0 Å². The highest BCUT2D eigenvalue weighted by Crippen LogP contribution is 2.23. The second kappa shape index (κ2) is 6.92. The van der Waals surface area contributed by atoms with E-state index in [0.717, 1.165) is 30.1 Å². The van der Waals surface area contributed by atoms with Gasteiger partial charge >= 0.3 is 0 Å². The SMILES string of the molecule is CN1C(=O)c2ccc(C(=O)N3CCN(Cc4cccnc4)CC3)cc2C1=O. The lowest BCUT2D eigenvalue weighted by molar-refractivity contribution is 0.0627. The smallest absolute Gasteiger partial charge is 0.261 e. The normalized spacial score (nSPS) is 17.4. The van der Waals surface area contributed by atoms with Crippen LogP contribution in [0.1, 0.15) is 36.6 Å². The molecule has 1 fully saturated rings. The van der Waals surface area contributed by atoms with Crippen LogP contribution in [0.15, 0.2) is 42.7 Å². The summed E-state index contributed by atoms with van der Waals surface area (Å²) in [5.41, 5.74) is 2.28. The van der Waals surface area contributed by atoms with Crippen LogP contribution in [0.5, 0.6) is 0 Å². The highest BCUT2D eigenvalue weighted by atomic mass is 16.2. The van der Waals surface area contributed by atoms with Gasteiger partial charge in [0.1, 0.15) is 0 Å². The summed E-state index contributed by atoms with van der Waals surface area (Å²) in [4.78, 5) is 46.2. The number of imide groups is 1. The number of pyridine rings is 1. The largest absolute Gasteiger partial charge is 0.336 e. The Morgan fingerprint density at radius 2 is 1.78 bits per heavy atom. The average molecular weight is 364 g/mol. The predicted octanol–water partition coefficient (Wildman–Crippen LogP) is 1.27. The molecule has 0 unspecified atom stereocenters. The van der Waals surface area contributed by atoms with Crippen LogP contribution in [0.4, 0.5) is 0 Å². The van der Waals surface area contributed by atoms with E-state index in [1.807, 2.05) is 18.3 Å². The van der Waals surface area contributed by atoms with Gasteiger partial charge in [-0.15, -0.1) is 0 Å². The third-order valence-corrected chi connectivity index (χ3v) is 5.13. The third kappa shape index (κ3) is 3.21. The zero-order chi connectivity index (χ0) is 19.0. The molecule has 138 valence electrons. The third-order valence-electron chi connectivity index (χ3n) is 5.13. The summed E-state index contributed by atoms with van der Waals surface area (Å²) in [5, 5.41) is 0. The van der Waals surface area contributed by atoms with Crippen molar-refractivity contribution in [2.24, 2.45) is 0 Å². The summed E-state index contributed by atoms with van der Waals surface area (Å²) in [6, 6.07) is 8.72. The molecule has 0 spiro atoms. The van der Waals surface area contributed by atoms with E-state index in [2.05, 4.69) is 9.88 Å². The molecule has 4 rings (SSSR count). The maximum absolute atomic E-state index is 12.8. The molecule has 1 aromatic heterocycles. The van der Waals surface area contributed by atoms with E-state index in [1.54, 1.807) is 29.3 Å². The Bertz CT molecular complexity index is 905. The molecule has 7 heteroatoms. The molecule has 7 nitrogen and oxygen atoms in total. The molecule has 2 aliphatic heterocycles. The first kappa shape index (κ1) is 17.4. The van der Waals surface area contributed by atoms with Crippen molar-refractivity contribution in [2.75, 3.05) is 33.2 Å². The number of fused-ring (bicyclic) bond motifs is 1. The first-order chi connectivity index (χ1) is 13.0. The molecule has 0 aliphatic carbocycles. The molecule has 2 aliphatic rings. The van der Waals surface area contributed by atoms with E-state index >= 15 is 0 Å². The summed E-state index contributed by atoms with van der Waals surface area (Å²) in [7, 11) is 1.45. The van der Waals surface area contributed by atoms with Gasteiger partial charge in [-0.3, -0.25) is 29.2 Å². The first-order valence-corrected chi connectivity index (χ1v) is 8.91. The summed E-state index contributed by atoms with van der Waals surface area (Å²) in [6.07, 6.45) is 3.62. The van der Waals surface area contributed by atoms with Gasteiger partial charge in [0, 0.05) is 57.7 Å². The maximum atomic E-state index is 12.8. The fraction of sp³-hybridized carbons (Fsp3) is 0.300. The molecule has 0 atom stereocenters. The van der Waals surface area contributed by atoms with E-state index < -0.39 is 0 Å². The van der Waals surface area contributed by atoms with Gasteiger partial charge in [-0.05, 0) is 29.8 Å². The van der Waals surface area contributed by atoms with Gasteiger partial charge in [0.05, 0.1) is 11.1 Å². The summed E-state index contributed by atoms with van der Waals surface area (Å²) >= 11 is 0. The van der Waals surface area contributed by atoms with Crippen molar-refractivity contribution in [3.05, 3.63) is 65.0 Å². The van der Waals surface area contributed by atoms with Crippen LogP contribution in [0, 0.1) is 0 Å². The molecule has 0 N–H and O–H groups in total. The van der Waals surface area contributed by atoms with Crippen LogP contribution in [-0.2, 0) is 6.54 Å². The topological polar surface area (TPSA) is 73.8 Å². The summed E-state index contributed by atoms with van der Waals surface area (Å²) in [5.74, 6) is -0.780. The molecule has 3 heterocycles. The van der Waals surface area contributed by atoms with Gasteiger partial charge in [-0.2, -0.15) is 0 Å². The van der Waals surface area contributed by atoms with Gasteiger partial charge in [0.15, 0.2) is 0 Å². The second-order valence-electron chi connectivity index (χ2n) is 6.86. The van der Waals surface area contributed by atoms with E-state index in [9.17, 15) is 14.4 Å². The molecule has 3 amide bonds. The summed E-state index contributed by atoms with van der Waals surface area (Å²) in [6.45, 7) is 3.64. The van der Waals surface area contributed by atoms with Crippen LogP contribution < -0.4 is 0 Å². The Hall–Kier alpha value is -3.06. The van der Waals surface area contributed by atoms with Gasteiger partial charge < -0.3 is 4.90 Å². The van der Waals surface area contributed by atoms with Gasteiger partial charge in [-0.25, -0.2) is 0 Å². The number of benzene rings is 1. The number of piperazine rings is 1. The number of amides is 3. The zero-order valence-corrected chi connectivity index (χ0v) is 15.1. The Morgan fingerprint density at radius 1 is 1.04 bits per heavy atom. The lowest BCUT2D eigenvalue weighted by atomic mass is 10.0. The fourth-order valence-electron chi connectivity index (χ4n) is 3.54. The molecule has 2 aromatic rings. The lowest BCUT2D eigenvalue weighted by Gasteiger charge is -2.34. The van der Waals surface area contributed by atoms with Crippen LogP contribution >= 0.6 is 0 Å². The van der Waals surface area contributed by atoms with Crippen molar-refractivity contribution in [3.8, 4) is 0 Å². The molecular formula is C20H20N4O3. The highest BCUT2D eigenvalue weighted by molar-refractivity contribution is 6.21. The predicted molar refractivity (Wildman–Crippen MR) is 98.3 cm³/mol. The molecule has 1 saturated heterocycles. The minimum atomic E-state index is -0.356. The Kier molecular flexibility index (Phi) is 4.45. The molecule has 0 bridgehead atoms. The molecule has 0 saturated carbocycles. The number of rotatable bonds is 3. The minimum Gasteiger partial charge on any atom is -0.336 e. The maximum Gasteiger partial charge on any atom is 0.261 e.